The Morgan fingerprint density at radius 3 is 2.50 bits per heavy atom. The molecular weight excluding hydrogens is 402 g/mol. The van der Waals surface area contributed by atoms with Gasteiger partial charge in [-0.2, -0.15) is 0 Å². The van der Waals surface area contributed by atoms with Crippen molar-refractivity contribution < 1.29 is 14.3 Å². The van der Waals surface area contributed by atoms with E-state index >= 15 is 0 Å². The third kappa shape index (κ3) is 5.74. The average molecular weight is 430 g/mol. The first-order valence-electron chi connectivity index (χ1n) is 10.2. The topological polar surface area (TPSA) is 70.7 Å². The minimum atomic E-state index is -0.157. The number of ether oxygens (including phenoxy) is 1. The minimum absolute atomic E-state index is 0.00376. The Morgan fingerprint density at radius 2 is 1.80 bits per heavy atom. The number of anilines is 1. The van der Waals surface area contributed by atoms with Crippen LogP contribution in [0.2, 0.25) is 5.02 Å². The highest BCUT2D eigenvalue weighted by Gasteiger charge is 2.26. The highest BCUT2D eigenvalue weighted by Crippen LogP contribution is 2.26. The van der Waals surface area contributed by atoms with E-state index in [4.69, 9.17) is 16.3 Å². The van der Waals surface area contributed by atoms with Crippen LogP contribution in [-0.4, -0.2) is 43.5 Å². The largest absolute Gasteiger partial charge is 0.495 e. The first kappa shape index (κ1) is 22.1. The van der Waals surface area contributed by atoms with Gasteiger partial charge in [-0.15, -0.1) is 0 Å². The molecule has 0 radical (unpaired) electrons. The molecule has 0 spiro atoms. The summed E-state index contributed by atoms with van der Waals surface area (Å²) in [5.74, 6) is 0.527. The smallest absolute Gasteiger partial charge is 0.234 e. The van der Waals surface area contributed by atoms with Crippen LogP contribution >= 0.6 is 11.6 Å². The molecule has 1 atom stereocenters. The third-order valence-electron chi connectivity index (χ3n) is 5.44. The number of likely N-dealkylation sites (tertiary alicyclic amines) is 1. The summed E-state index contributed by atoms with van der Waals surface area (Å²) in [6.45, 7) is 3.65. The van der Waals surface area contributed by atoms with Crippen molar-refractivity contribution in [1.29, 1.82) is 0 Å². The average Bonchev–Trinajstić information content (AvgIpc) is 2.74. The molecule has 1 aliphatic heterocycles. The van der Waals surface area contributed by atoms with Gasteiger partial charge in [-0.3, -0.25) is 14.5 Å². The number of nitrogens with zero attached hydrogens (tertiary/aromatic N) is 1. The number of rotatable bonds is 7. The van der Waals surface area contributed by atoms with Crippen molar-refractivity contribution in [2.75, 3.05) is 32.1 Å². The molecule has 30 heavy (non-hydrogen) atoms. The molecule has 1 unspecified atom stereocenters. The lowest BCUT2D eigenvalue weighted by molar-refractivity contribution is -0.124. The Kier molecular flexibility index (Phi) is 7.71. The van der Waals surface area contributed by atoms with Gasteiger partial charge in [0.25, 0.3) is 0 Å². The second kappa shape index (κ2) is 10.5. The van der Waals surface area contributed by atoms with Crippen molar-refractivity contribution in [3.8, 4) is 5.75 Å². The van der Waals surface area contributed by atoms with Crippen LogP contribution in [0.4, 0.5) is 5.69 Å². The van der Waals surface area contributed by atoms with Gasteiger partial charge in [0.05, 0.1) is 25.4 Å². The number of hydrogen-bond donors (Lipinski definition) is 2. The number of methoxy groups -OCH3 is 1. The number of carbonyl (C=O) groups excluding carboxylic acids is 2. The third-order valence-corrected chi connectivity index (χ3v) is 5.78. The quantitative estimate of drug-likeness (QED) is 0.700. The molecule has 1 heterocycles. The molecule has 3 rings (SSSR count). The molecule has 1 aliphatic rings. The van der Waals surface area contributed by atoms with E-state index in [9.17, 15) is 9.59 Å². The molecule has 6 nitrogen and oxygen atoms in total. The first-order valence-corrected chi connectivity index (χ1v) is 10.6. The van der Waals surface area contributed by atoms with Crippen molar-refractivity contribution in [2.45, 2.75) is 25.8 Å². The van der Waals surface area contributed by atoms with Gasteiger partial charge < -0.3 is 15.4 Å². The second-order valence-electron chi connectivity index (χ2n) is 7.55. The van der Waals surface area contributed by atoms with Crippen LogP contribution in [0.5, 0.6) is 5.75 Å². The van der Waals surface area contributed by atoms with Crippen molar-refractivity contribution >= 4 is 29.1 Å². The summed E-state index contributed by atoms with van der Waals surface area (Å²) in [5, 5.41) is 6.61. The van der Waals surface area contributed by atoms with Gasteiger partial charge in [0, 0.05) is 10.9 Å². The van der Waals surface area contributed by atoms with Crippen LogP contribution in [0.3, 0.4) is 0 Å². The minimum Gasteiger partial charge on any atom is -0.495 e. The fourth-order valence-electron chi connectivity index (χ4n) is 3.73. The van der Waals surface area contributed by atoms with Crippen molar-refractivity contribution in [1.82, 2.24) is 10.2 Å². The van der Waals surface area contributed by atoms with E-state index in [2.05, 4.69) is 15.5 Å². The maximum absolute atomic E-state index is 12.6. The Hall–Kier alpha value is -2.57. The van der Waals surface area contributed by atoms with E-state index in [0.717, 1.165) is 5.56 Å². The zero-order valence-corrected chi connectivity index (χ0v) is 18.1. The molecule has 160 valence electrons. The number of carbonyl (C=O) groups is 2. The highest BCUT2D eigenvalue weighted by molar-refractivity contribution is 6.31. The monoisotopic (exact) mass is 429 g/mol. The Morgan fingerprint density at radius 1 is 1.13 bits per heavy atom. The van der Waals surface area contributed by atoms with Gasteiger partial charge in [-0.1, -0.05) is 41.9 Å². The van der Waals surface area contributed by atoms with Gasteiger partial charge >= 0.3 is 0 Å². The summed E-state index contributed by atoms with van der Waals surface area (Å²) in [6.07, 6.45) is 1.43. The number of benzene rings is 2. The fraction of sp³-hybridized carbons (Fsp3) is 0.391. The SMILES string of the molecule is COc1ccccc1NC(=O)C1CCN(CC(=O)NC(C)c2ccccc2Cl)CC1. The number of halogens is 1. The second-order valence-corrected chi connectivity index (χ2v) is 7.96. The molecule has 2 aromatic carbocycles. The standard InChI is InChI=1S/C23H28ClN3O3/c1-16(18-7-3-4-8-19(18)24)25-22(28)15-27-13-11-17(12-14-27)23(29)26-20-9-5-6-10-21(20)30-2/h3-10,16-17H,11-15H2,1-2H3,(H,25,28)(H,26,29). The Bertz CT molecular complexity index is 882. The lowest BCUT2D eigenvalue weighted by Gasteiger charge is -2.31. The van der Waals surface area contributed by atoms with E-state index in [1.54, 1.807) is 7.11 Å². The lowest BCUT2D eigenvalue weighted by Crippen LogP contribution is -2.43. The zero-order chi connectivity index (χ0) is 21.5. The molecule has 1 fully saturated rings. The molecule has 0 aromatic heterocycles. The number of hydrogen-bond acceptors (Lipinski definition) is 4. The van der Waals surface area contributed by atoms with Gasteiger partial charge in [-0.25, -0.2) is 0 Å². The normalized spacial score (nSPS) is 16.0. The van der Waals surface area contributed by atoms with E-state index in [1.165, 1.54) is 0 Å². The predicted molar refractivity (Wildman–Crippen MR) is 119 cm³/mol. The first-order chi connectivity index (χ1) is 14.5. The number of para-hydroxylation sites is 2. The van der Waals surface area contributed by atoms with E-state index < -0.39 is 0 Å². The highest BCUT2D eigenvalue weighted by atomic mass is 35.5. The van der Waals surface area contributed by atoms with E-state index in [-0.39, 0.29) is 23.8 Å². The summed E-state index contributed by atoms with van der Waals surface area (Å²) in [4.78, 5) is 27.2. The summed E-state index contributed by atoms with van der Waals surface area (Å²) in [6, 6.07) is 14.7. The summed E-state index contributed by atoms with van der Waals surface area (Å²) < 4.78 is 5.29. The van der Waals surface area contributed by atoms with Crippen LogP contribution in [0.25, 0.3) is 0 Å². The maximum atomic E-state index is 12.6. The summed E-state index contributed by atoms with van der Waals surface area (Å²) >= 11 is 6.21. The Labute approximate surface area is 182 Å². The van der Waals surface area contributed by atoms with Gasteiger partial charge in [0.1, 0.15) is 5.75 Å². The lowest BCUT2D eigenvalue weighted by atomic mass is 9.95. The van der Waals surface area contributed by atoms with Crippen LogP contribution in [0, 0.1) is 5.92 Å². The van der Waals surface area contributed by atoms with Crippen LogP contribution in [0.15, 0.2) is 48.5 Å². The molecule has 1 saturated heterocycles. The van der Waals surface area contributed by atoms with Gasteiger partial charge in [-0.05, 0) is 56.6 Å². The number of nitrogens with one attached hydrogen (secondary N) is 2. The Balaban J connectivity index is 1.45. The van der Waals surface area contributed by atoms with E-state index in [0.29, 0.717) is 48.9 Å². The molecule has 7 heteroatoms. The van der Waals surface area contributed by atoms with Crippen LogP contribution < -0.4 is 15.4 Å². The summed E-state index contributed by atoms with van der Waals surface area (Å²) in [5.41, 5.74) is 1.58. The zero-order valence-electron chi connectivity index (χ0n) is 17.4. The molecule has 0 saturated carbocycles. The van der Waals surface area contributed by atoms with Crippen molar-refractivity contribution in [3.63, 3.8) is 0 Å². The molecule has 2 N–H and O–H groups in total. The number of piperidine rings is 1. The van der Waals surface area contributed by atoms with Gasteiger partial charge in [0.15, 0.2) is 0 Å². The molecular formula is C23H28ClN3O3. The van der Waals surface area contributed by atoms with Crippen LogP contribution in [0.1, 0.15) is 31.4 Å². The number of amides is 2. The predicted octanol–water partition coefficient (Wildman–Crippen LogP) is 3.88. The van der Waals surface area contributed by atoms with E-state index in [1.807, 2.05) is 55.5 Å². The van der Waals surface area contributed by atoms with Crippen LogP contribution in [-0.2, 0) is 9.59 Å². The molecule has 0 bridgehead atoms. The molecule has 2 aromatic rings. The van der Waals surface area contributed by atoms with Crippen molar-refractivity contribution in [2.24, 2.45) is 5.92 Å². The van der Waals surface area contributed by atoms with Gasteiger partial charge in [0.2, 0.25) is 11.8 Å². The fourth-order valence-corrected chi connectivity index (χ4v) is 4.03. The maximum Gasteiger partial charge on any atom is 0.234 e. The van der Waals surface area contributed by atoms with Crippen molar-refractivity contribution in [3.05, 3.63) is 59.1 Å². The molecule has 2 amide bonds. The summed E-state index contributed by atoms with van der Waals surface area (Å²) in [7, 11) is 1.58. The molecule has 0 aliphatic carbocycles.